The van der Waals surface area contributed by atoms with Crippen LogP contribution >= 0.6 is 0 Å². The molecule has 2 aliphatic rings. The maximum atomic E-state index is 11.3. The van der Waals surface area contributed by atoms with Crippen LogP contribution < -0.4 is 0 Å². The summed E-state index contributed by atoms with van der Waals surface area (Å²) in [7, 11) is 0. The van der Waals surface area contributed by atoms with Crippen molar-refractivity contribution in [2.45, 2.75) is 31.4 Å². The summed E-state index contributed by atoms with van der Waals surface area (Å²) in [6.45, 7) is 3.42. The third kappa shape index (κ3) is 2.89. The van der Waals surface area contributed by atoms with Gasteiger partial charge < -0.3 is 9.47 Å². The number of hydrogen-bond donors (Lipinski definition) is 0. The second-order valence-electron chi connectivity index (χ2n) is 5.40. The Morgan fingerprint density at radius 3 is 2.53 bits per heavy atom. The molecule has 0 amide bonds. The van der Waals surface area contributed by atoms with Gasteiger partial charge >= 0.3 is 6.16 Å². The van der Waals surface area contributed by atoms with Crippen molar-refractivity contribution in [2.75, 3.05) is 19.7 Å². The number of rotatable bonds is 2. The Kier molecular flexibility index (Phi) is 3.42. The maximum Gasteiger partial charge on any atom is 0.508 e. The lowest BCUT2D eigenvalue weighted by atomic mass is 9.87. The second-order valence-corrected chi connectivity index (χ2v) is 5.40. The molecule has 0 atom stereocenters. The summed E-state index contributed by atoms with van der Waals surface area (Å²) in [6.07, 6.45) is 2.16. The van der Waals surface area contributed by atoms with E-state index >= 15 is 0 Å². The number of ether oxygens (including phenoxy) is 2. The number of nitrogens with zero attached hydrogens (tertiary/aromatic N) is 1. The highest BCUT2D eigenvalue weighted by molar-refractivity contribution is 5.61. The van der Waals surface area contributed by atoms with E-state index in [1.807, 2.05) is 6.07 Å². The first-order valence-corrected chi connectivity index (χ1v) is 6.88. The van der Waals surface area contributed by atoms with E-state index in [0.717, 1.165) is 38.9 Å². The van der Waals surface area contributed by atoms with Crippen molar-refractivity contribution in [3.8, 4) is 0 Å². The summed E-state index contributed by atoms with van der Waals surface area (Å²) in [5.41, 5.74) is 1.07. The van der Waals surface area contributed by atoms with Gasteiger partial charge in [-0.15, -0.1) is 0 Å². The van der Waals surface area contributed by atoms with Gasteiger partial charge in [-0.25, -0.2) is 4.79 Å². The smallest absolute Gasteiger partial charge is 0.434 e. The van der Waals surface area contributed by atoms with E-state index in [-0.39, 0.29) is 5.60 Å². The number of piperidine rings is 1. The van der Waals surface area contributed by atoms with Crippen LogP contribution in [-0.4, -0.2) is 36.4 Å². The topological polar surface area (TPSA) is 38.8 Å². The van der Waals surface area contributed by atoms with Gasteiger partial charge in [0.25, 0.3) is 0 Å². The minimum atomic E-state index is -0.497. The van der Waals surface area contributed by atoms with Crippen molar-refractivity contribution in [2.24, 2.45) is 0 Å². The minimum absolute atomic E-state index is 0.261. The summed E-state index contributed by atoms with van der Waals surface area (Å²) in [4.78, 5) is 13.7. The first-order chi connectivity index (χ1) is 9.26. The Labute approximate surface area is 113 Å². The molecule has 0 N–H and O–H groups in total. The highest BCUT2D eigenvalue weighted by Crippen LogP contribution is 2.33. The molecule has 0 aromatic heterocycles. The van der Waals surface area contributed by atoms with Gasteiger partial charge in [-0.2, -0.15) is 0 Å². The standard InChI is InChI=1S/C15H19NO3/c17-14-18-11-8-15(19-14)6-9-16(10-7-15)12-13-4-2-1-3-5-13/h1-5H,6-12H2. The Balaban J connectivity index is 1.56. The average Bonchev–Trinajstić information content (AvgIpc) is 2.43. The first kappa shape index (κ1) is 12.5. The predicted octanol–water partition coefficient (Wildman–Crippen LogP) is 2.58. The normalized spacial score (nSPS) is 22.8. The van der Waals surface area contributed by atoms with Crippen LogP contribution in [0.3, 0.4) is 0 Å². The molecule has 2 fully saturated rings. The van der Waals surface area contributed by atoms with E-state index in [0.29, 0.717) is 6.61 Å². The van der Waals surface area contributed by atoms with Crippen molar-refractivity contribution in [3.63, 3.8) is 0 Å². The van der Waals surface area contributed by atoms with Gasteiger partial charge in [-0.1, -0.05) is 30.3 Å². The van der Waals surface area contributed by atoms with Crippen LogP contribution in [0.25, 0.3) is 0 Å². The predicted molar refractivity (Wildman–Crippen MR) is 70.7 cm³/mol. The number of cyclic esters (lactones) is 1. The number of hydrogen-bond acceptors (Lipinski definition) is 4. The van der Waals surface area contributed by atoms with Crippen LogP contribution in [0.1, 0.15) is 24.8 Å². The lowest BCUT2D eigenvalue weighted by Crippen LogP contribution is -2.49. The second kappa shape index (κ2) is 5.21. The molecule has 2 heterocycles. The van der Waals surface area contributed by atoms with Crippen molar-refractivity contribution in [3.05, 3.63) is 35.9 Å². The zero-order valence-corrected chi connectivity index (χ0v) is 11.0. The zero-order chi connectivity index (χ0) is 13.1. The number of benzene rings is 1. The van der Waals surface area contributed by atoms with E-state index in [9.17, 15) is 4.79 Å². The van der Waals surface area contributed by atoms with Gasteiger partial charge in [0.2, 0.25) is 0 Å². The van der Waals surface area contributed by atoms with Gasteiger partial charge in [0, 0.05) is 38.9 Å². The Morgan fingerprint density at radius 2 is 1.84 bits per heavy atom. The Bertz CT molecular complexity index is 438. The Morgan fingerprint density at radius 1 is 1.11 bits per heavy atom. The lowest BCUT2D eigenvalue weighted by Gasteiger charge is -2.42. The molecule has 0 unspecified atom stereocenters. The molecule has 1 aromatic carbocycles. The molecule has 4 nitrogen and oxygen atoms in total. The highest BCUT2D eigenvalue weighted by atomic mass is 16.7. The summed E-state index contributed by atoms with van der Waals surface area (Å²) in [6, 6.07) is 10.5. The van der Waals surface area contributed by atoms with Crippen LogP contribution in [0.4, 0.5) is 4.79 Å². The molecule has 19 heavy (non-hydrogen) atoms. The molecule has 0 saturated carbocycles. The van der Waals surface area contributed by atoms with Gasteiger partial charge in [-0.3, -0.25) is 4.90 Å². The third-order valence-electron chi connectivity index (χ3n) is 4.09. The quantitative estimate of drug-likeness (QED) is 0.767. The molecule has 0 bridgehead atoms. The van der Waals surface area contributed by atoms with E-state index in [2.05, 4.69) is 29.2 Å². The van der Waals surface area contributed by atoms with Crippen LogP contribution in [0.15, 0.2) is 30.3 Å². The van der Waals surface area contributed by atoms with Gasteiger partial charge in [0.1, 0.15) is 5.60 Å². The van der Waals surface area contributed by atoms with Crippen molar-refractivity contribution < 1.29 is 14.3 Å². The fourth-order valence-corrected chi connectivity index (χ4v) is 2.89. The van der Waals surface area contributed by atoms with Crippen LogP contribution in [-0.2, 0) is 16.0 Å². The highest BCUT2D eigenvalue weighted by Gasteiger charge is 2.41. The molecule has 2 aliphatic heterocycles. The number of carbonyl (C=O) groups is 1. The minimum Gasteiger partial charge on any atom is -0.434 e. The summed E-state index contributed by atoms with van der Waals surface area (Å²) >= 11 is 0. The van der Waals surface area contributed by atoms with Crippen LogP contribution in [0, 0.1) is 0 Å². The van der Waals surface area contributed by atoms with E-state index in [4.69, 9.17) is 9.47 Å². The van der Waals surface area contributed by atoms with E-state index in [1.165, 1.54) is 5.56 Å². The fraction of sp³-hybridized carbons (Fsp3) is 0.533. The van der Waals surface area contributed by atoms with E-state index < -0.39 is 6.16 Å². The third-order valence-corrected chi connectivity index (χ3v) is 4.09. The van der Waals surface area contributed by atoms with Crippen molar-refractivity contribution in [1.29, 1.82) is 0 Å². The molecule has 1 spiro atoms. The molecule has 0 radical (unpaired) electrons. The van der Waals surface area contributed by atoms with E-state index in [1.54, 1.807) is 0 Å². The monoisotopic (exact) mass is 261 g/mol. The molecule has 102 valence electrons. The molecule has 1 aromatic rings. The van der Waals surface area contributed by atoms with Crippen molar-refractivity contribution >= 4 is 6.16 Å². The largest absolute Gasteiger partial charge is 0.508 e. The molecule has 3 rings (SSSR count). The van der Waals surface area contributed by atoms with Crippen LogP contribution in [0.2, 0.25) is 0 Å². The number of carbonyl (C=O) groups excluding carboxylic acids is 1. The van der Waals surface area contributed by atoms with Gasteiger partial charge in [0.05, 0.1) is 6.61 Å². The summed E-state index contributed by atoms with van der Waals surface area (Å²) < 4.78 is 10.3. The van der Waals surface area contributed by atoms with Gasteiger partial charge in [-0.05, 0) is 5.56 Å². The number of likely N-dealkylation sites (tertiary alicyclic amines) is 1. The molecular weight excluding hydrogens is 242 g/mol. The lowest BCUT2D eigenvalue weighted by molar-refractivity contribution is -0.111. The molecule has 2 saturated heterocycles. The first-order valence-electron chi connectivity index (χ1n) is 6.88. The molecule has 0 aliphatic carbocycles. The van der Waals surface area contributed by atoms with Crippen LogP contribution in [0.5, 0.6) is 0 Å². The fourth-order valence-electron chi connectivity index (χ4n) is 2.89. The summed E-state index contributed by atoms with van der Waals surface area (Å²) in [5.74, 6) is 0. The average molecular weight is 261 g/mol. The SMILES string of the molecule is O=C1OCCC2(CCN(Cc3ccccc3)CC2)O1. The Hall–Kier alpha value is -1.55. The summed E-state index contributed by atoms with van der Waals surface area (Å²) in [5, 5.41) is 0. The van der Waals surface area contributed by atoms with Crippen molar-refractivity contribution in [1.82, 2.24) is 4.90 Å². The van der Waals surface area contributed by atoms with Gasteiger partial charge in [0.15, 0.2) is 0 Å². The molecule has 4 heteroatoms. The molecular formula is C15H19NO3. The zero-order valence-electron chi connectivity index (χ0n) is 11.0. The maximum absolute atomic E-state index is 11.3.